The smallest absolute Gasteiger partial charge is 0.250 e. The van der Waals surface area contributed by atoms with Gasteiger partial charge in [-0.05, 0) is 13.0 Å². The first kappa shape index (κ1) is 12.7. The van der Waals surface area contributed by atoms with Crippen molar-refractivity contribution >= 4 is 17.4 Å². The molecule has 0 radical (unpaired) electrons. The molecule has 0 aromatic carbocycles. The zero-order chi connectivity index (χ0) is 13.8. The highest BCUT2D eigenvalue weighted by Gasteiger charge is 2.07. The van der Waals surface area contributed by atoms with Crippen molar-refractivity contribution in [2.24, 2.45) is 5.73 Å². The molecule has 0 aliphatic heterocycles. The minimum atomic E-state index is -0.585. The zero-order valence-corrected chi connectivity index (χ0v) is 10.4. The summed E-state index contributed by atoms with van der Waals surface area (Å²) in [6, 6.07) is 1.51. The topological polar surface area (TPSA) is 120 Å². The van der Waals surface area contributed by atoms with Crippen molar-refractivity contribution in [2.75, 3.05) is 11.1 Å². The molecule has 0 bridgehead atoms. The molecule has 0 fully saturated rings. The normalized spacial score (nSPS) is 10.2. The van der Waals surface area contributed by atoms with Crippen LogP contribution in [0.25, 0.3) is 0 Å². The molecule has 2 heterocycles. The molecule has 0 aliphatic carbocycles. The number of nitrogen functional groups attached to an aromatic ring is 1. The van der Waals surface area contributed by atoms with E-state index in [2.05, 4.69) is 20.3 Å². The average Bonchev–Trinajstić information content (AvgIpc) is 2.39. The predicted octanol–water partition coefficient (Wildman–Crippen LogP) is 0.473. The summed E-state index contributed by atoms with van der Waals surface area (Å²) < 4.78 is 0. The molecule has 0 spiro atoms. The summed E-state index contributed by atoms with van der Waals surface area (Å²) in [7, 11) is 0. The Morgan fingerprint density at radius 1 is 1.26 bits per heavy atom. The van der Waals surface area contributed by atoms with Crippen LogP contribution in [-0.4, -0.2) is 20.9 Å². The predicted molar refractivity (Wildman–Crippen MR) is 71.3 cm³/mol. The van der Waals surface area contributed by atoms with Gasteiger partial charge in [0.2, 0.25) is 0 Å². The van der Waals surface area contributed by atoms with Crippen LogP contribution >= 0.6 is 0 Å². The van der Waals surface area contributed by atoms with Crippen LogP contribution in [-0.2, 0) is 6.54 Å². The Bertz CT molecular complexity index is 596. The number of rotatable bonds is 4. The van der Waals surface area contributed by atoms with Crippen molar-refractivity contribution in [3.05, 3.63) is 41.6 Å². The molecule has 19 heavy (non-hydrogen) atoms. The number of carbonyl (C=O) groups excluding carboxylic acids is 1. The second kappa shape index (κ2) is 5.30. The van der Waals surface area contributed by atoms with Gasteiger partial charge in [0.1, 0.15) is 5.82 Å². The van der Waals surface area contributed by atoms with Gasteiger partial charge in [-0.3, -0.25) is 14.8 Å². The number of anilines is 2. The van der Waals surface area contributed by atoms with E-state index in [0.717, 1.165) is 11.4 Å². The minimum Gasteiger partial charge on any atom is -0.397 e. The third-order valence-corrected chi connectivity index (χ3v) is 2.49. The van der Waals surface area contributed by atoms with Crippen molar-refractivity contribution in [2.45, 2.75) is 13.5 Å². The number of pyridine rings is 1. The van der Waals surface area contributed by atoms with E-state index in [0.29, 0.717) is 12.4 Å². The lowest BCUT2D eigenvalue weighted by Crippen LogP contribution is -2.15. The molecule has 7 nitrogen and oxygen atoms in total. The third-order valence-electron chi connectivity index (χ3n) is 2.49. The standard InChI is InChI=1S/C12H14N6O/c1-7-3-16-8(4-15-7)5-17-11-2-9(12(14)19)10(13)6-18-11/h2-4,6H,5,13H2,1H3,(H2,14,19)(H,17,18). The fourth-order valence-corrected chi connectivity index (χ4v) is 1.47. The highest BCUT2D eigenvalue weighted by atomic mass is 16.1. The van der Waals surface area contributed by atoms with Crippen LogP contribution in [0.15, 0.2) is 24.7 Å². The Labute approximate surface area is 110 Å². The van der Waals surface area contributed by atoms with Gasteiger partial charge in [-0.15, -0.1) is 0 Å². The number of nitrogens with zero attached hydrogens (tertiary/aromatic N) is 3. The SMILES string of the molecule is Cc1cnc(CNc2cc(C(N)=O)c(N)cn2)cn1. The number of aryl methyl sites for hydroxylation is 1. The monoisotopic (exact) mass is 258 g/mol. The van der Waals surface area contributed by atoms with Crippen molar-refractivity contribution in [3.63, 3.8) is 0 Å². The number of hydrogen-bond donors (Lipinski definition) is 3. The van der Waals surface area contributed by atoms with E-state index >= 15 is 0 Å². The van der Waals surface area contributed by atoms with Crippen LogP contribution in [0.3, 0.4) is 0 Å². The van der Waals surface area contributed by atoms with Crippen LogP contribution < -0.4 is 16.8 Å². The molecule has 2 rings (SSSR count). The van der Waals surface area contributed by atoms with Gasteiger partial charge in [-0.25, -0.2) is 4.98 Å². The largest absolute Gasteiger partial charge is 0.397 e. The van der Waals surface area contributed by atoms with Gasteiger partial charge in [0.25, 0.3) is 5.91 Å². The maximum Gasteiger partial charge on any atom is 0.250 e. The van der Waals surface area contributed by atoms with Gasteiger partial charge in [0, 0.05) is 6.20 Å². The lowest BCUT2D eigenvalue weighted by molar-refractivity contribution is 0.100. The summed E-state index contributed by atoms with van der Waals surface area (Å²) in [6.45, 7) is 2.31. The number of amides is 1. The molecule has 0 unspecified atom stereocenters. The Hall–Kier alpha value is -2.70. The molecule has 0 saturated heterocycles. The molecule has 0 atom stereocenters. The molecule has 0 saturated carbocycles. The molecule has 98 valence electrons. The van der Waals surface area contributed by atoms with Crippen LogP contribution in [0.2, 0.25) is 0 Å². The van der Waals surface area contributed by atoms with Crippen LogP contribution in [0.4, 0.5) is 11.5 Å². The molecule has 0 aliphatic rings. The third kappa shape index (κ3) is 3.15. The fraction of sp³-hybridized carbons (Fsp3) is 0.167. The quantitative estimate of drug-likeness (QED) is 0.733. The number of carbonyl (C=O) groups is 1. The van der Waals surface area contributed by atoms with Crippen molar-refractivity contribution in [3.8, 4) is 0 Å². The van der Waals surface area contributed by atoms with Gasteiger partial charge in [-0.1, -0.05) is 0 Å². The van der Waals surface area contributed by atoms with Crippen LogP contribution in [0.5, 0.6) is 0 Å². The molecule has 1 amide bonds. The summed E-state index contributed by atoms with van der Waals surface area (Å²) in [5.74, 6) is -0.0801. The molecule has 7 heteroatoms. The second-order valence-electron chi connectivity index (χ2n) is 4.02. The Morgan fingerprint density at radius 2 is 2.05 bits per heavy atom. The van der Waals surface area contributed by atoms with E-state index in [-0.39, 0.29) is 11.3 Å². The lowest BCUT2D eigenvalue weighted by Gasteiger charge is -2.07. The number of aromatic nitrogens is 3. The number of nitrogens with one attached hydrogen (secondary N) is 1. The number of hydrogen-bond acceptors (Lipinski definition) is 6. The van der Waals surface area contributed by atoms with E-state index in [1.807, 2.05) is 6.92 Å². The van der Waals surface area contributed by atoms with E-state index in [1.165, 1.54) is 12.3 Å². The summed E-state index contributed by atoms with van der Waals surface area (Å²) in [6.07, 6.45) is 4.75. The Kier molecular flexibility index (Phi) is 3.56. The second-order valence-corrected chi connectivity index (χ2v) is 4.02. The van der Waals surface area contributed by atoms with Crippen LogP contribution in [0.1, 0.15) is 21.7 Å². The zero-order valence-electron chi connectivity index (χ0n) is 10.4. The average molecular weight is 258 g/mol. The molecule has 5 N–H and O–H groups in total. The van der Waals surface area contributed by atoms with Gasteiger partial charge >= 0.3 is 0 Å². The molecule has 2 aromatic rings. The first-order chi connectivity index (χ1) is 9.06. The van der Waals surface area contributed by atoms with E-state index in [4.69, 9.17) is 11.5 Å². The van der Waals surface area contributed by atoms with Gasteiger partial charge in [0.15, 0.2) is 0 Å². The van der Waals surface area contributed by atoms with E-state index in [1.54, 1.807) is 12.4 Å². The maximum atomic E-state index is 11.2. The molecular formula is C12H14N6O. The van der Waals surface area contributed by atoms with Gasteiger partial charge in [-0.2, -0.15) is 0 Å². The molecule has 2 aromatic heterocycles. The van der Waals surface area contributed by atoms with E-state index in [9.17, 15) is 4.79 Å². The number of primary amides is 1. The minimum absolute atomic E-state index is 0.243. The summed E-state index contributed by atoms with van der Waals surface area (Å²) in [5, 5.41) is 3.03. The lowest BCUT2D eigenvalue weighted by atomic mass is 10.2. The van der Waals surface area contributed by atoms with Crippen molar-refractivity contribution in [1.29, 1.82) is 0 Å². The maximum absolute atomic E-state index is 11.2. The van der Waals surface area contributed by atoms with Crippen LogP contribution in [0, 0.1) is 6.92 Å². The summed E-state index contributed by atoms with van der Waals surface area (Å²) in [4.78, 5) is 23.5. The highest BCUT2D eigenvalue weighted by Crippen LogP contribution is 2.14. The molecular weight excluding hydrogens is 244 g/mol. The van der Waals surface area contributed by atoms with Gasteiger partial charge < -0.3 is 16.8 Å². The fourth-order valence-electron chi connectivity index (χ4n) is 1.47. The van der Waals surface area contributed by atoms with E-state index < -0.39 is 5.91 Å². The van der Waals surface area contributed by atoms with Gasteiger partial charge in [0.05, 0.1) is 41.6 Å². The Balaban J connectivity index is 2.09. The van der Waals surface area contributed by atoms with Crippen molar-refractivity contribution in [1.82, 2.24) is 15.0 Å². The highest BCUT2D eigenvalue weighted by molar-refractivity contribution is 5.98. The summed E-state index contributed by atoms with van der Waals surface area (Å²) >= 11 is 0. The Morgan fingerprint density at radius 3 is 2.68 bits per heavy atom. The van der Waals surface area contributed by atoms with Crippen molar-refractivity contribution < 1.29 is 4.79 Å². The first-order valence-corrected chi connectivity index (χ1v) is 5.63. The number of nitrogens with two attached hydrogens (primary N) is 2. The summed E-state index contributed by atoms with van der Waals surface area (Å²) in [5.41, 5.74) is 12.9. The first-order valence-electron chi connectivity index (χ1n) is 5.63.